The molecule has 0 amide bonds. The number of ether oxygens (including phenoxy) is 1. The molecule has 0 aliphatic carbocycles. The van der Waals surface area contributed by atoms with Gasteiger partial charge >= 0.3 is 0 Å². The third-order valence-corrected chi connectivity index (χ3v) is 0.754. The third-order valence-electron chi connectivity index (χ3n) is 0.754. The lowest BCUT2D eigenvalue weighted by Gasteiger charge is -2.16. The fourth-order valence-electron chi connectivity index (χ4n) is 0.325. The van der Waals surface area contributed by atoms with Crippen molar-refractivity contribution >= 4 is 0 Å². The van der Waals surface area contributed by atoms with E-state index in [1.165, 1.54) is 0 Å². The second kappa shape index (κ2) is 5.32. The van der Waals surface area contributed by atoms with Crippen LogP contribution in [0.1, 0.15) is 35.1 Å². The van der Waals surface area contributed by atoms with Gasteiger partial charge in [-0.3, -0.25) is 0 Å². The van der Waals surface area contributed by atoms with Crippen LogP contribution in [-0.2, 0) is 4.74 Å². The van der Waals surface area contributed by atoms with Crippen molar-refractivity contribution < 1.29 is 4.74 Å². The predicted octanol–water partition coefficient (Wildman–Crippen LogP) is 2.46. The topological polar surface area (TPSA) is 9.23 Å². The van der Waals surface area contributed by atoms with Crippen LogP contribution in [0.3, 0.4) is 0 Å². The van der Waals surface area contributed by atoms with Crippen molar-refractivity contribution in [1.29, 1.82) is 0 Å². The average Bonchev–Trinajstić information content (AvgIpc) is 1.63. The van der Waals surface area contributed by atoms with E-state index in [-0.39, 0.29) is 13.0 Å². The Morgan fingerprint density at radius 1 is 1.30 bits per heavy atom. The van der Waals surface area contributed by atoms with Gasteiger partial charge in [-0.15, -0.1) is 5.92 Å². The molecule has 0 spiro atoms. The number of rotatable bonds is 1. The molecular formula is C9H18O. The summed E-state index contributed by atoms with van der Waals surface area (Å²) in [6.07, 6.45) is 0. The zero-order chi connectivity index (χ0) is 7.33. The van der Waals surface area contributed by atoms with Crippen LogP contribution in [0.5, 0.6) is 0 Å². The van der Waals surface area contributed by atoms with Crippen LogP contribution >= 0.6 is 0 Å². The Bertz CT molecular complexity index is 120. The number of hydrogen-bond acceptors (Lipinski definition) is 1. The molecule has 0 unspecified atom stereocenters. The lowest BCUT2D eigenvalue weighted by atomic mass is 10.2. The SMILES string of the molecule is C.CC#CCOC(C)(C)C. The molecule has 10 heavy (non-hydrogen) atoms. The highest BCUT2D eigenvalue weighted by molar-refractivity contribution is 4.95. The standard InChI is InChI=1S/C8H14O.CH4/c1-5-6-7-9-8(2,3)4;/h7H2,1-4H3;1H4. The Hall–Kier alpha value is -0.480. The van der Waals surface area contributed by atoms with Crippen molar-refractivity contribution in [3.05, 3.63) is 0 Å². The third kappa shape index (κ3) is 10.5. The van der Waals surface area contributed by atoms with E-state index < -0.39 is 0 Å². The summed E-state index contributed by atoms with van der Waals surface area (Å²) >= 11 is 0. The Morgan fingerprint density at radius 3 is 2.10 bits per heavy atom. The predicted molar refractivity (Wildman–Crippen MR) is 45.9 cm³/mol. The van der Waals surface area contributed by atoms with Gasteiger partial charge in [0.1, 0.15) is 6.61 Å². The Labute approximate surface area is 64.8 Å². The molecular weight excluding hydrogens is 124 g/mol. The Morgan fingerprint density at radius 2 is 1.80 bits per heavy atom. The van der Waals surface area contributed by atoms with E-state index in [1.54, 1.807) is 0 Å². The van der Waals surface area contributed by atoms with Crippen molar-refractivity contribution in [3.63, 3.8) is 0 Å². The van der Waals surface area contributed by atoms with Gasteiger partial charge in [-0.1, -0.05) is 13.3 Å². The first kappa shape index (κ1) is 12.2. The molecule has 0 aromatic rings. The summed E-state index contributed by atoms with van der Waals surface area (Å²) in [6, 6.07) is 0. The average molecular weight is 142 g/mol. The first-order chi connectivity index (χ1) is 4.06. The monoisotopic (exact) mass is 142 g/mol. The zero-order valence-electron chi connectivity index (χ0n) is 6.62. The van der Waals surface area contributed by atoms with Crippen molar-refractivity contribution in [2.45, 2.75) is 40.7 Å². The van der Waals surface area contributed by atoms with Crippen LogP contribution in [0, 0.1) is 11.8 Å². The van der Waals surface area contributed by atoms with E-state index in [1.807, 2.05) is 27.7 Å². The minimum absolute atomic E-state index is 0. The van der Waals surface area contributed by atoms with Crippen LogP contribution in [0.4, 0.5) is 0 Å². The highest BCUT2D eigenvalue weighted by atomic mass is 16.5. The fraction of sp³-hybridized carbons (Fsp3) is 0.778. The first-order valence-electron chi connectivity index (χ1n) is 3.10. The smallest absolute Gasteiger partial charge is 0.108 e. The summed E-state index contributed by atoms with van der Waals surface area (Å²) in [7, 11) is 0. The lowest BCUT2D eigenvalue weighted by Crippen LogP contribution is -2.18. The summed E-state index contributed by atoms with van der Waals surface area (Å²) in [5.74, 6) is 5.60. The number of hydrogen-bond donors (Lipinski definition) is 0. The summed E-state index contributed by atoms with van der Waals surface area (Å²) in [5, 5.41) is 0. The van der Waals surface area contributed by atoms with E-state index in [2.05, 4.69) is 11.8 Å². The van der Waals surface area contributed by atoms with Crippen LogP contribution < -0.4 is 0 Å². The van der Waals surface area contributed by atoms with Gasteiger partial charge in [0, 0.05) is 0 Å². The summed E-state index contributed by atoms with van der Waals surface area (Å²) in [6.45, 7) is 8.41. The minimum Gasteiger partial charge on any atom is -0.363 e. The van der Waals surface area contributed by atoms with Gasteiger partial charge in [0.2, 0.25) is 0 Å². The van der Waals surface area contributed by atoms with E-state index >= 15 is 0 Å². The fourth-order valence-corrected chi connectivity index (χ4v) is 0.325. The van der Waals surface area contributed by atoms with Gasteiger partial charge < -0.3 is 4.74 Å². The molecule has 0 bridgehead atoms. The molecule has 0 saturated heterocycles. The molecule has 0 N–H and O–H groups in total. The molecule has 60 valence electrons. The second-order valence-corrected chi connectivity index (χ2v) is 2.83. The Kier molecular flexibility index (Phi) is 6.50. The maximum Gasteiger partial charge on any atom is 0.108 e. The van der Waals surface area contributed by atoms with Gasteiger partial charge in [0.05, 0.1) is 5.60 Å². The van der Waals surface area contributed by atoms with Crippen molar-refractivity contribution in [3.8, 4) is 11.8 Å². The summed E-state index contributed by atoms with van der Waals surface area (Å²) in [4.78, 5) is 0. The molecule has 0 rings (SSSR count). The molecule has 0 aromatic heterocycles. The van der Waals surface area contributed by atoms with E-state index in [0.29, 0.717) is 6.61 Å². The van der Waals surface area contributed by atoms with Gasteiger partial charge in [-0.05, 0) is 27.7 Å². The van der Waals surface area contributed by atoms with Crippen LogP contribution in [-0.4, -0.2) is 12.2 Å². The molecule has 0 aliphatic rings. The maximum atomic E-state index is 5.30. The molecule has 1 nitrogen and oxygen atoms in total. The molecule has 0 saturated carbocycles. The van der Waals surface area contributed by atoms with Crippen molar-refractivity contribution in [2.24, 2.45) is 0 Å². The van der Waals surface area contributed by atoms with Crippen molar-refractivity contribution in [2.75, 3.05) is 6.61 Å². The molecule has 0 heterocycles. The minimum atomic E-state index is -0.0517. The molecule has 1 heteroatoms. The summed E-state index contributed by atoms with van der Waals surface area (Å²) < 4.78 is 5.30. The van der Waals surface area contributed by atoms with Gasteiger partial charge in [-0.25, -0.2) is 0 Å². The normalized spacial score (nSPS) is 9.20. The zero-order valence-corrected chi connectivity index (χ0v) is 6.62. The van der Waals surface area contributed by atoms with E-state index in [0.717, 1.165) is 0 Å². The summed E-state index contributed by atoms with van der Waals surface area (Å²) in [5.41, 5.74) is -0.0517. The van der Waals surface area contributed by atoms with Crippen LogP contribution in [0.25, 0.3) is 0 Å². The van der Waals surface area contributed by atoms with Gasteiger partial charge in [0.25, 0.3) is 0 Å². The van der Waals surface area contributed by atoms with Crippen molar-refractivity contribution in [1.82, 2.24) is 0 Å². The molecule has 0 aromatic carbocycles. The molecule has 0 aliphatic heterocycles. The highest BCUT2D eigenvalue weighted by Crippen LogP contribution is 2.04. The molecule has 0 radical (unpaired) electrons. The molecule has 0 fully saturated rings. The largest absolute Gasteiger partial charge is 0.363 e. The highest BCUT2D eigenvalue weighted by Gasteiger charge is 2.07. The van der Waals surface area contributed by atoms with Crippen LogP contribution in [0.15, 0.2) is 0 Å². The van der Waals surface area contributed by atoms with Gasteiger partial charge in [-0.2, -0.15) is 0 Å². The quantitative estimate of drug-likeness (QED) is 0.511. The maximum absolute atomic E-state index is 5.30. The second-order valence-electron chi connectivity index (χ2n) is 2.83. The van der Waals surface area contributed by atoms with Gasteiger partial charge in [0.15, 0.2) is 0 Å². The van der Waals surface area contributed by atoms with E-state index in [4.69, 9.17) is 4.74 Å². The van der Waals surface area contributed by atoms with Crippen LogP contribution in [0.2, 0.25) is 0 Å². The lowest BCUT2D eigenvalue weighted by molar-refractivity contribution is 0.0181. The Balaban J connectivity index is 0. The van der Waals surface area contributed by atoms with E-state index in [9.17, 15) is 0 Å². The first-order valence-corrected chi connectivity index (χ1v) is 3.10. The molecule has 0 atom stereocenters.